The normalized spacial score (nSPS) is 13.1. The van der Waals surface area contributed by atoms with Crippen LogP contribution >= 0.6 is 0 Å². The molecule has 1 heteroatoms. The molecule has 0 heterocycles. The van der Waals surface area contributed by atoms with E-state index in [1.807, 2.05) is 0 Å². The van der Waals surface area contributed by atoms with E-state index in [0.29, 0.717) is 3.93 Å². The summed E-state index contributed by atoms with van der Waals surface area (Å²) in [6, 6.07) is 33.6. The molecule has 1 unspecified atom stereocenters. The van der Waals surface area contributed by atoms with Crippen LogP contribution in [0.15, 0.2) is 103 Å². The standard InChI is InChI=1S/3C6H5.C5H9.Sn/c3*1-2-4-6-5-3-1;1-3-5-4-2;/h3*1-5H;3-5H,1-2H3;/b;;;5-3-;. The van der Waals surface area contributed by atoms with Crippen molar-refractivity contribution in [2.45, 2.75) is 17.8 Å². The van der Waals surface area contributed by atoms with Gasteiger partial charge in [-0.3, -0.25) is 0 Å². The Labute approximate surface area is 149 Å². The van der Waals surface area contributed by atoms with Crippen LogP contribution in [0.3, 0.4) is 0 Å². The van der Waals surface area contributed by atoms with E-state index in [9.17, 15) is 0 Å². The first-order valence-electron chi connectivity index (χ1n) is 8.59. The van der Waals surface area contributed by atoms with Crippen LogP contribution in [0.25, 0.3) is 0 Å². The molecular weight excluding hydrogens is 395 g/mol. The molecule has 0 aromatic heterocycles. The van der Waals surface area contributed by atoms with Gasteiger partial charge in [-0.2, -0.15) is 0 Å². The summed E-state index contributed by atoms with van der Waals surface area (Å²) in [5.74, 6) is 0. The minimum atomic E-state index is -3.13. The van der Waals surface area contributed by atoms with E-state index in [0.717, 1.165) is 0 Å². The molecular formula is C23H24Sn. The van der Waals surface area contributed by atoms with E-state index in [4.69, 9.17) is 0 Å². The molecule has 0 spiro atoms. The van der Waals surface area contributed by atoms with E-state index in [2.05, 4.69) is 117 Å². The molecule has 0 radical (unpaired) electrons. The number of hydrogen-bond donors (Lipinski definition) is 0. The Morgan fingerprint density at radius 2 is 0.958 bits per heavy atom. The van der Waals surface area contributed by atoms with Crippen molar-refractivity contribution in [1.82, 2.24) is 0 Å². The molecule has 0 saturated carbocycles. The minimum absolute atomic E-state index is 0.538. The van der Waals surface area contributed by atoms with Crippen LogP contribution in [-0.2, 0) is 0 Å². The summed E-state index contributed by atoms with van der Waals surface area (Å²) in [6.07, 6.45) is 4.62. The summed E-state index contributed by atoms with van der Waals surface area (Å²) in [5.41, 5.74) is 0. The van der Waals surface area contributed by atoms with Crippen LogP contribution in [0.1, 0.15) is 13.8 Å². The second kappa shape index (κ2) is 7.85. The van der Waals surface area contributed by atoms with Crippen LogP contribution in [0.4, 0.5) is 0 Å². The average molecular weight is 419 g/mol. The van der Waals surface area contributed by atoms with Crippen LogP contribution in [0.2, 0.25) is 3.93 Å². The van der Waals surface area contributed by atoms with Gasteiger partial charge in [0.05, 0.1) is 0 Å². The third kappa shape index (κ3) is 3.08. The Hall–Kier alpha value is -1.80. The molecule has 0 bridgehead atoms. The predicted molar refractivity (Wildman–Crippen MR) is 108 cm³/mol. The van der Waals surface area contributed by atoms with Gasteiger partial charge in [-0.05, 0) is 0 Å². The van der Waals surface area contributed by atoms with Gasteiger partial charge in [0, 0.05) is 0 Å². The first-order valence-corrected chi connectivity index (χ1v) is 14.5. The van der Waals surface area contributed by atoms with Crippen LogP contribution in [0, 0.1) is 0 Å². The van der Waals surface area contributed by atoms with Crippen molar-refractivity contribution in [2.24, 2.45) is 0 Å². The Kier molecular flexibility index (Phi) is 5.57. The molecule has 0 fully saturated rings. The molecule has 0 amide bonds. The first-order chi connectivity index (χ1) is 11.8. The van der Waals surface area contributed by atoms with Gasteiger partial charge in [-0.15, -0.1) is 0 Å². The fourth-order valence-corrected chi connectivity index (χ4v) is 18.7. The molecule has 1 atom stereocenters. The molecule has 0 aliphatic rings. The second-order valence-corrected chi connectivity index (χ2v) is 18.4. The second-order valence-electron chi connectivity index (χ2n) is 6.22. The molecule has 120 valence electrons. The summed E-state index contributed by atoms with van der Waals surface area (Å²) < 4.78 is 5.15. The summed E-state index contributed by atoms with van der Waals surface area (Å²) in [5, 5.41) is 0. The predicted octanol–water partition coefficient (Wildman–Crippen LogP) is 4.12. The summed E-state index contributed by atoms with van der Waals surface area (Å²) in [7, 11) is 0. The van der Waals surface area contributed by atoms with Crippen LogP contribution in [0.5, 0.6) is 0 Å². The van der Waals surface area contributed by atoms with Gasteiger partial charge in [0.25, 0.3) is 0 Å². The molecule has 0 aliphatic carbocycles. The van der Waals surface area contributed by atoms with Gasteiger partial charge in [0.15, 0.2) is 0 Å². The first kappa shape index (κ1) is 17.0. The zero-order valence-corrected chi connectivity index (χ0v) is 17.2. The summed E-state index contributed by atoms with van der Waals surface area (Å²) in [4.78, 5) is 0. The number of allylic oxidation sites excluding steroid dienone is 2. The van der Waals surface area contributed by atoms with Crippen molar-refractivity contribution in [1.29, 1.82) is 0 Å². The maximum atomic E-state index is 2.41. The maximum absolute atomic E-state index is 3.13. The molecule has 0 N–H and O–H groups in total. The van der Waals surface area contributed by atoms with Gasteiger partial charge in [-0.25, -0.2) is 0 Å². The third-order valence-corrected chi connectivity index (χ3v) is 20.0. The van der Waals surface area contributed by atoms with Gasteiger partial charge in [0.1, 0.15) is 0 Å². The van der Waals surface area contributed by atoms with Gasteiger partial charge < -0.3 is 0 Å². The Balaban J connectivity index is 2.37. The van der Waals surface area contributed by atoms with Gasteiger partial charge in [0.2, 0.25) is 0 Å². The van der Waals surface area contributed by atoms with Crippen molar-refractivity contribution in [2.75, 3.05) is 0 Å². The molecule has 24 heavy (non-hydrogen) atoms. The molecule has 3 aromatic carbocycles. The Bertz CT molecular complexity index is 679. The fraction of sp³-hybridized carbons (Fsp3) is 0.130. The number of hydrogen-bond acceptors (Lipinski definition) is 0. The average Bonchev–Trinajstić information content (AvgIpc) is 2.65. The number of benzene rings is 3. The van der Waals surface area contributed by atoms with Crippen molar-refractivity contribution in [3.05, 3.63) is 103 Å². The van der Waals surface area contributed by atoms with E-state index < -0.39 is 18.4 Å². The quantitative estimate of drug-likeness (QED) is 0.431. The van der Waals surface area contributed by atoms with E-state index >= 15 is 0 Å². The zero-order valence-electron chi connectivity index (χ0n) is 14.4. The van der Waals surface area contributed by atoms with E-state index in [1.165, 1.54) is 10.7 Å². The van der Waals surface area contributed by atoms with Crippen LogP contribution in [-0.4, -0.2) is 18.4 Å². The molecule has 3 rings (SSSR count). The zero-order chi connectivity index (χ0) is 16.8. The van der Waals surface area contributed by atoms with Crippen molar-refractivity contribution < 1.29 is 0 Å². The molecule has 0 saturated heterocycles. The van der Waals surface area contributed by atoms with Crippen molar-refractivity contribution in [3.63, 3.8) is 0 Å². The number of rotatable bonds is 5. The Morgan fingerprint density at radius 3 is 1.25 bits per heavy atom. The molecule has 0 nitrogen and oxygen atoms in total. The topological polar surface area (TPSA) is 0 Å². The van der Waals surface area contributed by atoms with E-state index in [-0.39, 0.29) is 0 Å². The Morgan fingerprint density at radius 1 is 0.625 bits per heavy atom. The van der Waals surface area contributed by atoms with Crippen molar-refractivity contribution >= 4 is 29.1 Å². The van der Waals surface area contributed by atoms with E-state index in [1.54, 1.807) is 0 Å². The van der Waals surface area contributed by atoms with Gasteiger partial charge in [-0.1, -0.05) is 0 Å². The third-order valence-electron chi connectivity index (χ3n) is 4.85. The molecule has 3 aromatic rings. The van der Waals surface area contributed by atoms with Crippen molar-refractivity contribution in [3.8, 4) is 0 Å². The van der Waals surface area contributed by atoms with Crippen LogP contribution < -0.4 is 10.7 Å². The monoisotopic (exact) mass is 420 g/mol. The fourth-order valence-electron chi connectivity index (χ4n) is 3.82. The van der Waals surface area contributed by atoms with Gasteiger partial charge >= 0.3 is 150 Å². The summed E-state index contributed by atoms with van der Waals surface area (Å²) >= 11 is -3.13. The summed E-state index contributed by atoms with van der Waals surface area (Å²) in [6.45, 7) is 4.54. The SMILES string of the molecule is C/C=C\[CH](C)[Sn]([c]1ccccc1)([c]1ccccc1)[c]1ccccc1. The molecule has 0 aliphatic heterocycles.